The number of alkyl carbamates (subject to hydrolysis) is 1. The van der Waals surface area contributed by atoms with Crippen molar-refractivity contribution in [2.24, 2.45) is 0 Å². The SMILES string of the molecule is O=C(N[C@@H](Cc1cccc(C(=O)O)c1)C(=O)O)OCC1c2ccccc2-c2ccccc21. The normalized spacial score (nSPS) is 13.0. The van der Waals surface area contributed by atoms with Gasteiger partial charge >= 0.3 is 18.0 Å². The van der Waals surface area contributed by atoms with Gasteiger partial charge in [0.1, 0.15) is 12.6 Å². The third kappa shape index (κ3) is 4.32. The summed E-state index contributed by atoms with van der Waals surface area (Å²) >= 11 is 0. The predicted octanol–water partition coefficient (Wildman–Crippen LogP) is 3.92. The van der Waals surface area contributed by atoms with Gasteiger partial charge in [0.05, 0.1) is 5.56 Å². The number of rotatable bonds is 7. The van der Waals surface area contributed by atoms with Gasteiger partial charge in [-0.2, -0.15) is 0 Å². The number of ether oxygens (including phenoxy) is 1. The number of carbonyl (C=O) groups is 3. The molecule has 0 fully saturated rings. The molecule has 0 saturated heterocycles. The van der Waals surface area contributed by atoms with Crippen LogP contribution in [0.15, 0.2) is 72.8 Å². The van der Waals surface area contributed by atoms with E-state index >= 15 is 0 Å². The number of aliphatic carboxylic acids is 1. The minimum absolute atomic E-state index is 0.0489. The maximum absolute atomic E-state index is 12.4. The van der Waals surface area contributed by atoms with Gasteiger partial charge in [0.2, 0.25) is 0 Å². The Kier molecular flexibility index (Phi) is 5.89. The molecule has 1 atom stereocenters. The summed E-state index contributed by atoms with van der Waals surface area (Å²) in [6, 6.07) is 20.5. The van der Waals surface area contributed by atoms with Crippen molar-refractivity contribution in [2.45, 2.75) is 18.4 Å². The van der Waals surface area contributed by atoms with Crippen LogP contribution in [0.2, 0.25) is 0 Å². The Balaban J connectivity index is 1.43. The number of hydrogen-bond donors (Lipinski definition) is 3. The molecular weight excluding hydrogens is 410 g/mol. The average molecular weight is 431 g/mol. The molecule has 0 aromatic heterocycles. The Morgan fingerprint density at radius 1 is 0.875 bits per heavy atom. The van der Waals surface area contributed by atoms with Crippen LogP contribution in [0.1, 0.15) is 33.0 Å². The lowest BCUT2D eigenvalue weighted by Gasteiger charge is -2.17. The van der Waals surface area contributed by atoms with E-state index in [1.165, 1.54) is 18.2 Å². The van der Waals surface area contributed by atoms with Crippen LogP contribution in [0.3, 0.4) is 0 Å². The average Bonchev–Trinajstić information content (AvgIpc) is 3.11. The molecule has 4 rings (SSSR count). The zero-order chi connectivity index (χ0) is 22.7. The maximum atomic E-state index is 12.4. The number of carboxylic acid groups (broad SMARTS) is 2. The molecule has 3 aromatic rings. The summed E-state index contributed by atoms with van der Waals surface area (Å²) in [5, 5.41) is 21.0. The van der Waals surface area contributed by atoms with Crippen LogP contribution in [0, 0.1) is 0 Å². The lowest BCUT2D eigenvalue weighted by atomic mass is 9.98. The summed E-state index contributed by atoms with van der Waals surface area (Å²) in [5.41, 5.74) is 4.84. The number of aromatic carboxylic acids is 1. The second-order valence-corrected chi connectivity index (χ2v) is 7.57. The summed E-state index contributed by atoms with van der Waals surface area (Å²) in [6.07, 6.45) is -0.908. The molecule has 0 radical (unpaired) electrons. The molecule has 0 saturated carbocycles. The van der Waals surface area contributed by atoms with Gasteiger partial charge in [-0.15, -0.1) is 0 Å². The molecular formula is C25H21NO6. The molecule has 32 heavy (non-hydrogen) atoms. The lowest BCUT2D eigenvalue weighted by molar-refractivity contribution is -0.139. The van der Waals surface area contributed by atoms with Crippen LogP contribution < -0.4 is 5.32 Å². The Morgan fingerprint density at radius 2 is 1.50 bits per heavy atom. The molecule has 7 heteroatoms. The van der Waals surface area contributed by atoms with E-state index < -0.39 is 24.1 Å². The van der Waals surface area contributed by atoms with E-state index in [1.54, 1.807) is 6.07 Å². The van der Waals surface area contributed by atoms with Crippen LogP contribution >= 0.6 is 0 Å². The summed E-state index contributed by atoms with van der Waals surface area (Å²) in [5.74, 6) is -2.48. The van der Waals surface area contributed by atoms with Crippen molar-refractivity contribution in [3.8, 4) is 11.1 Å². The van der Waals surface area contributed by atoms with E-state index in [1.807, 2.05) is 48.5 Å². The number of fused-ring (bicyclic) bond motifs is 3. The van der Waals surface area contributed by atoms with E-state index in [2.05, 4.69) is 5.32 Å². The summed E-state index contributed by atoms with van der Waals surface area (Å²) in [4.78, 5) is 35.2. The molecule has 0 aliphatic heterocycles. The number of carbonyl (C=O) groups excluding carboxylic acids is 1. The second-order valence-electron chi connectivity index (χ2n) is 7.57. The number of benzene rings is 3. The first-order chi connectivity index (χ1) is 15.4. The molecule has 0 unspecified atom stereocenters. The van der Waals surface area contributed by atoms with Crippen molar-refractivity contribution in [1.82, 2.24) is 5.32 Å². The van der Waals surface area contributed by atoms with Gasteiger partial charge in [-0.1, -0.05) is 60.7 Å². The highest BCUT2D eigenvalue weighted by Crippen LogP contribution is 2.44. The van der Waals surface area contributed by atoms with E-state index in [9.17, 15) is 19.5 Å². The highest BCUT2D eigenvalue weighted by atomic mass is 16.5. The number of amides is 1. The molecule has 0 heterocycles. The van der Waals surface area contributed by atoms with Crippen molar-refractivity contribution in [2.75, 3.05) is 6.61 Å². The third-order valence-electron chi connectivity index (χ3n) is 5.55. The van der Waals surface area contributed by atoms with Gasteiger partial charge in [0.25, 0.3) is 0 Å². The first-order valence-corrected chi connectivity index (χ1v) is 10.1. The van der Waals surface area contributed by atoms with E-state index in [0.29, 0.717) is 5.56 Å². The van der Waals surface area contributed by atoms with Gasteiger partial charge in [0.15, 0.2) is 0 Å². The fourth-order valence-corrected chi connectivity index (χ4v) is 4.05. The zero-order valence-electron chi connectivity index (χ0n) is 17.0. The highest BCUT2D eigenvalue weighted by molar-refractivity contribution is 5.88. The van der Waals surface area contributed by atoms with Crippen LogP contribution in [0.5, 0.6) is 0 Å². The summed E-state index contributed by atoms with van der Waals surface area (Å²) in [6.45, 7) is 0.0701. The van der Waals surface area contributed by atoms with Crippen molar-refractivity contribution in [1.29, 1.82) is 0 Å². The topological polar surface area (TPSA) is 113 Å². The molecule has 3 aromatic carbocycles. The maximum Gasteiger partial charge on any atom is 0.407 e. The van der Waals surface area contributed by atoms with E-state index in [-0.39, 0.29) is 24.5 Å². The van der Waals surface area contributed by atoms with E-state index in [4.69, 9.17) is 9.84 Å². The van der Waals surface area contributed by atoms with Crippen LogP contribution in [-0.4, -0.2) is 40.9 Å². The van der Waals surface area contributed by atoms with Crippen molar-refractivity contribution >= 4 is 18.0 Å². The number of carboxylic acids is 2. The van der Waals surface area contributed by atoms with E-state index in [0.717, 1.165) is 22.3 Å². The van der Waals surface area contributed by atoms with Crippen LogP contribution in [-0.2, 0) is 16.0 Å². The molecule has 7 nitrogen and oxygen atoms in total. The zero-order valence-corrected chi connectivity index (χ0v) is 17.0. The summed E-state index contributed by atoms with van der Waals surface area (Å²) < 4.78 is 5.41. The van der Waals surface area contributed by atoms with Gasteiger partial charge in [-0.25, -0.2) is 14.4 Å². The molecule has 0 bridgehead atoms. The molecule has 0 spiro atoms. The molecule has 1 amide bonds. The lowest BCUT2D eigenvalue weighted by Crippen LogP contribution is -2.42. The van der Waals surface area contributed by atoms with Crippen LogP contribution in [0.25, 0.3) is 11.1 Å². The van der Waals surface area contributed by atoms with Crippen LogP contribution in [0.4, 0.5) is 4.79 Å². The Bertz CT molecular complexity index is 1140. The monoisotopic (exact) mass is 431 g/mol. The first-order valence-electron chi connectivity index (χ1n) is 10.1. The molecule has 1 aliphatic carbocycles. The van der Waals surface area contributed by atoms with Gasteiger partial charge in [-0.05, 0) is 39.9 Å². The molecule has 3 N–H and O–H groups in total. The van der Waals surface area contributed by atoms with Gasteiger partial charge in [-0.3, -0.25) is 0 Å². The highest BCUT2D eigenvalue weighted by Gasteiger charge is 2.29. The summed E-state index contributed by atoms with van der Waals surface area (Å²) in [7, 11) is 0. The minimum atomic E-state index is -1.25. The standard InChI is InChI=1S/C25H21NO6/c27-23(28)16-7-5-6-15(12-16)13-22(24(29)30)26-25(31)32-14-21-19-10-3-1-8-17(19)18-9-2-4-11-20(18)21/h1-12,21-22H,13-14H2,(H,26,31)(H,27,28)(H,29,30)/t22-/m0/s1. The predicted molar refractivity (Wildman–Crippen MR) is 117 cm³/mol. The Hall–Kier alpha value is -4.13. The minimum Gasteiger partial charge on any atom is -0.480 e. The fraction of sp³-hybridized carbons (Fsp3) is 0.160. The first kappa shape index (κ1) is 21.1. The third-order valence-corrected chi connectivity index (χ3v) is 5.55. The molecule has 1 aliphatic rings. The van der Waals surface area contributed by atoms with Crippen molar-refractivity contribution in [3.05, 3.63) is 95.1 Å². The molecule has 162 valence electrons. The largest absolute Gasteiger partial charge is 0.480 e. The van der Waals surface area contributed by atoms with Gasteiger partial charge in [0, 0.05) is 12.3 Å². The second kappa shape index (κ2) is 8.93. The quantitative estimate of drug-likeness (QED) is 0.523. The van der Waals surface area contributed by atoms with Gasteiger partial charge < -0.3 is 20.3 Å². The van der Waals surface area contributed by atoms with Crippen molar-refractivity contribution < 1.29 is 29.3 Å². The number of nitrogens with one attached hydrogen (secondary N) is 1. The number of hydrogen-bond acceptors (Lipinski definition) is 4. The Labute approximate surface area is 184 Å². The Morgan fingerprint density at radius 3 is 2.09 bits per heavy atom. The van der Waals surface area contributed by atoms with Crippen molar-refractivity contribution in [3.63, 3.8) is 0 Å². The fourth-order valence-electron chi connectivity index (χ4n) is 4.05. The smallest absolute Gasteiger partial charge is 0.407 e.